The molecule has 1 atom stereocenters. The third-order valence-corrected chi connectivity index (χ3v) is 4.93. The zero-order valence-electron chi connectivity index (χ0n) is 15.3. The highest BCUT2D eigenvalue weighted by atomic mass is 16.4. The Bertz CT molecular complexity index is 998. The van der Waals surface area contributed by atoms with E-state index in [0.29, 0.717) is 25.1 Å². The van der Waals surface area contributed by atoms with Crippen LogP contribution >= 0.6 is 0 Å². The summed E-state index contributed by atoms with van der Waals surface area (Å²) in [6.45, 7) is 3.17. The number of carboxylic acids is 1. The number of nitrogens with zero attached hydrogens (tertiary/aromatic N) is 7. The van der Waals surface area contributed by atoms with E-state index in [-0.39, 0.29) is 18.1 Å². The van der Waals surface area contributed by atoms with Crippen LogP contribution in [0, 0.1) is 0 Å². The molecule has 0 saturated heterocycles. The van der Waals surface area contributed by atoms with Crippen LogP contribution in [0.15, 0.2) is 36.7 Å². The smallest absolute Gasteiger partial charge is 0.356 e. The van der Waals surface area contributed by atoms with Crippen LogP contribution in [0.2, 0.25) is 0 Å². The Hall–Kier alpha value is -3.56. The molecule has 10 heteroatoms. The van der Waals surface area contributed by atoms with E-state index in [2.05, 4.69) is 20.6 Å². The Morgan fingerprint density at radius 2 is 2.04 bits per heavy atom. The van der Waals surface area contributed by atoms with Gasteiger partial charge in [0.2, 0.25) is 0 Å². The molecule has 1 unspecified atom stereocenters. The second kappa shape index (κ2) is 7.22. The maximum Gasteiger partial charge on any atom is 0.356 e. The van der Waals surface area contributed by atoms with Crippen molar-refractivity contribution in [1.82, 2.24) is 34.9 Å². The fraction of sp³-hybridized carbons (Fsp3) is 0.333. The predicted octanol–water partition coefficient (Wildman–Crippen LogP) is 0.762. The van der Waals surface area contributed by atoms with Gasteiger partial charge in [0, 0.05) is 37.3 Å². The zero-order valence-corrected chi connectivity index (χ0v) is 15.3. The quantitative estimate of drug-likeness (QED) is 0.693. The van der Waals surface area contributed by atoms with Gasteiger partial charge in [-0.1, -0.05) is 30.3 Å². The highest BCUT2D eigenvalue weighted by molar-refractivity contribution is 5.88. The van der Waals surface area contributed by atoms with Crippen molar-refractivity contribution in [3.63, 3.8) is 0 Å². The van der Waals surface area contributed by atoms with E-state index in [9.17, 15) is 14.7 Å². The standard InChI is InChI=1S/C18H19N7O3/c1-2-24-14-8-9-23(10-13(14)15(20-24)18(27)28)17(26)16(25-11-19-21-22-25)12-6-4-3-5-7-12/h3-7,11,16H,2,8-10H2,1H3,(H,27,28). The Labute approximate surface area is 160 Å². The van der Waals surface area contributed by atoms with Crippen LogP contribution in [0.1, 0.15) is 40.3 Å². The van der Waals surface area contributed by atoms with Gasteiger partial charge >= 0.3 is 5.97 Å². The van der Waals surface area contributed by atoms with E-state index in [0.717, 1.165) is 11.3 Å². The Balaban J connectivity index is 1.69. The van der Waals surface area contributed by atoms with Crippen molar-refractivity contribution in [3.05, 3.63) is 59.2 Å². The first kappa shape index (κ1) is 17.8. The molecule has 0 saturated carbocycles. The van der Waals surface area contributed by atoms with Gasteiger partial charge < -0.3 is 10.0 Å². The average Bonchev–Trinajstić information content (AvgIpc) is 3.36. The summed E-state index contributed by atoms with van der Waals surface area (Å²) < 4.78 is 3.12. The van der Waals surface area contributed by atoms with Gasteiger partial charge in [-0.25, -0.2) is 9.48 Å². The monoisotopic (exact) mass is 381 g/mol. The topological polar surface area (TPSA) is 119 Å². The lowest BCUT2D eigenvalue weighted by Crippen LogP contribution is -2.41. The van der Waals surface area contributed by atoms with Crippen molar-refractivity contribution >= 4 is 11.9 Å². The molecule has 0 spiro atoms. The van der Waals surface area contributed by atoms with Gasteiger partial charge in [-0.05, 0) is 22.9 Å². The normalized spacial score (nSPS) is 14.5. The van der Waals surface area contributed by atoms with E-state index >= 15 is 0 Å². The molecule has 3 aromatic rings. The molecule has 1 aliphatic heterocycles. The minimum Gasteiger partial charge on any atom is -0.476 e. The molecule has 1 N–H and O–H groups in total. The molecule has 1 aliphatic rings. The van der Waals surface area contributed by atoms with E-state index in [1.807, 2.05) is 37.3 Å². The molecule has 0 fully saturated rings. The third kappa shape index (κ3) is 3.02. The number of fused-ring (bicyclic) bond motifs is 1. The van der Waals surface area contributed by atoms with Gasteiger partial charge in [0.1, 0.15) is 6.33 Å². The number of benzene rings is 1. The lowest BCUT2D eigenvalue weighted by Gasteiger charge is -2.31. The van der Waals surface area contributed by atoms with E-state index in [1.54, 1.807) is 9.58 Å². The Morgan fingerprint density at radius 3 is 2.68 bits per heavy atom. The van der Waals surface area contributed by atoms with Gasteiger partial charge in [-0.15, -0.1) is 5.10 Å². The Kier molecular flexibility index (Phi) is 4.60. The minimum atomic E-state index is -1.09. The second-order valence-corrected chi connectivity index (χ2v) is 6.51. The minimum absolute atomic E-state index is 0.00744. The number of carbonyl (C=O) groups is 2. The molecule has 1 amide bonds. The molecule has 0 radical (unpaired) electrons. The van der Waals surface area contributed by atoms with Gasteiger partial charge in [0.05, 0.1) is 0 Å². The van der Waals surface area contributed by atoms with Crippen LogP contribution in [0.25, 0.3) is 0 Å². The fourth-order valence-electron chi connectivity index (χ4n) is 3.62. The molecule has 1 aromatic carbocycles. The molecular formula is C18H19N7O3. The molecular weight excluding hydrogens is 362 g/mol. The Morgan fingerprint density at radius 1 is 1.25 bits per heavy atom. The molecule has 3 heterocycles. The summed E-state index contributed by atoms with van der Waals surface area (Å²) >= 11 is 0. The summed E-state index contributed by atoms with van der Waals surface area (Å²) in [5, 5.41) is 24.9. The number of hydrogen-bond donors (Lipinski definition) is 1. The number of rotatable bonds is 5. The number of carboxylic acid groups (broad SMARTS) is 1. The number of aromatic carboxylic acids is 1. The summed E-state index contributed by atoms with van der Waals surface area (Å²) in [5.41, 5.74) is 2.24. The number of carbonyl (C=O) groups excluding carboxylic acids is 1. The third-order valence-electron chi connectivity index (χ3n) is 4.93. The molecule has 0 bridgehead atoms. The first-order chi connectivity index (χ1) is 13.6. The molecule has 10 nitrogen and oxygen atoms in total. The van der Waals surface area contributed by atoms with E-state index in [1.165, 1.54) is 11.0 Å². The average molecular weight is 381 g/mol. The summed E-state index contributed by atoms with van der Waals surface area (Å²) in [4.78, 5) is 26.7. The van der Waals surface area contributed by atoms with E-state index in [4.69, 9.17) is 0 Å². The number of aromatic nitrogens is 6. The number of tetrazole rings is 1. The van der Waals surface area contributed by atoms with Crippen molar-refractivity contribution in [1.29, 1.82) is 0 Å². The van der Waals surface area contributed by atoms with Crippen molar-refractivity contribution in [2.24, 2.45) is 0 Å². The maximum absolute atomic E-state index is 13.4. The molecule has 2 aromatic heterocycles. The fourth-order valence-corrected chi connectivity index (χ4v) is 3.62. The predicted molar refractivity (Wildman–Crippen MR) is 96.4 cm³/mol. The number of aryl methyl sites for hydroxylation is 1. The molecule has 144 valence electrons. The van der Waals surface area contributed by atoms with Crippen LogP contribution < -0.4 is 0 Å². The maximum atomic E-state index is 13.4. The van der Waals surface area contributed by atoms with E-state index < -0.39 is 12.0 Å². The van der Waals surface area contributed by atoms with Gasteiger partial charge in [0.15, 0.2) is 11.7 Å². The van der Waals surface area contributed by atoms with Crippen LogP contribution in [-0.2, 0) is 24.3 Å². The van der Waals surface area contributed by atoms with Crippen molar-refractivity contribution in [3.8, 4) is 0 Å². The highest BCUT2D eigenvalue weighted by Gasteiger charge is 2.34. The van der Waals surface area contributed by atoms with Gasteiger partial charge in [-0.2, -0.15) is 5.10 Å². The summed E-state index contributed by atoms with van der Waals surface area (Å²) in [6, 6.07) is 8.54. The van der Waals surface area contributed by atoms with Crippen LogP contribution in [0.4, 0.5) is 0 Å². The number of amides is 1. The van der Waals surface area contributed by atoms with Crippen molar-refractivity contribution in [2.45, 2.75) is 32.5 Å². The summed E-state index contributed by atoms with van der Waals surface area (Å²) in [7, 11) is 0. The highest BCUT2D eigenvalue weighted by Crippen LogP contribution is 2.27. The first-order valence-electron chi connectivity index (χ1n) is 8.98. The molecule has 0 aliphatic carbocycles. The lowest BCUT2D eigenvalue weighted by atomic mass is 10.0. The summed E-state index contributed by atoms with van der Waals surface area (Å²) in [6.07, 6.45) is 1.95. The van der Waals surface area contributed by atoms with Crippen LogP contribution in [-0.4, -0.2) is 58.4 Å². The second-order valence-electron chi connectivity index (χ2n) is 6.51. The molecule has 4 rings (SSSR count). The van der Waals surface area contributed by atoms with Gasteiger partial charge in [-0.3, -0.25) is 9.48 Å². The van der Waals surface area contributed by atoms with Crippen molar-refractivity contribution < 1.29 is 14.7 Å². The van der Waals surface area contributed by atoms with Crippen LogP contribution in [0.5, 0.6) is 0 Å². The summed E-state index contributed by atoms with van der Waals surface area (Å²) in [5.74, 6) is -1.28. The van der Waals surface area contributed by atoms with Crippen molar-refractivity contribution in [2.75, 3.05) is 6.54 Å². The zero-order chi connectivity index (χ0) is 19.7. The van der Waals surface area contributed by atoms with Crippen LogP contribution in [0.3, 0.4) is 0 Å². The lowest BCUT2D eigenvalue weighted by molar-refractivity contribution is -0.134. The molecule has 28 heavy (non-hydrogen) atoms. The SMILES string of the molecule is CCn1nc(C(=O)O)c2c1CCN(C(=O)C(c1ccccc1)n1cnnn1)C2. The van der Waals surface area contributed by atoms with Gasteiger partial charge in [0.25, 0.3) is 5.91 Å². The first-order valence-corrected chi connectivity index (χ1v) is 8.98. The number of hydrogen-bond acceptors (Lipinski definition) is 6. The largest absolute Gasteiger partial charge is 0.476 e.